The van der Waals surface area contributed by atoms with Crippen LogP contribution in [-0.4, -0.2) is 48.6 Å². The van der Waals surface area contributed by atoms with E-state index in [2.05, 4.69) is 4.74 Å². The Hall–Kier alpha value is -3.61. The van der Waals surface area contributed by atoms with Crippen LogP contribution in [0, 0.1) is 0 Å². The van der Waals surface area contributed by atoms with E-state index in [4.69, 9.17) is 4.74 Å². The number of carbonyl (C=O) groups is 3. The SMILES string of the molecule is COC(=O)c1ccc(CN(C)C(=O)Cn2cc(C(=O)OC)c3ccccc32)cc1. The van der Waals surface area contributed by atoms with Crippen LogP contribution in [0.5, 0.6) is 0 Å². The molecule has 0 radical (unpaired) electrons. The molecule has 0 saturated carbocycles. The van der Waals surface area contributed by atoms with Crippen molar-refractivity contribution in [2.24, 2.45) is 0 Å². The summed E-state index contributed by atoms with van der Waals surface area (Å²) in [7, 11) is 4.38. The Labute approximate surface area is 168 Å². The minimum absolute atomic E-state index is 0.0915. The molecular weight excluding hydrogens is 372 g/mol. The van der Waals surface area contributed by atoms with E-state index in [1.54, 1.807) is 47.0 Å². The Balaban J connectivity index is 1.74. The molecule has 0 atom stereocenters. The first-order valence-electron chi connectivity index (χ1n) is 9.02. The van der Waals surface area contributed by atoms with Gasteiger partial charge in [0.1, 0.15) is 6.54 Å². The van der Waals surface area contributed by atoms with Crippen molar-refractivity contribution in [1.82, 2.24) is 9.47 Å². The van der Waals surface area contributed by atoms with E-state index >= 15 is 0 Å². The highest BCUT2D eigenvalue weighted by Gasteiger charge is 2.18. The van der Waals surface area contributed by atoms with E-state index < -0.39 is 11.9 Å². The molecule has 0 saturated heterocycles. The van der Waals surface area contributed by atoms with Gasteiger partial charge in [-0.1, -0.05) is 30.3 Å². The van der Waals surface area contributed by atoms with Crippen molar-refractivity contribution in [3.8, 4) is 0 Å². The number of ether oxygens (including phenoxy) is 2. The molecule has 0 aliphatic heterocycles. The second-order valence-electron chi connectivity index (χ2n) is 6.62. The molecule has 7 heteroatoms. The summed E-state index contributed by atoms with van der Waals surface area (Å²) in [6.07, 6.45) is 1.65. The lowest BCUT2D eigenvalue weighted by Crippen LogP contribution is -2.29. The average molecular weight is 394 g/mol. The van der Waals surface area contributed by atoms with Gasteiger partial charge in [0.2, 0.25) is 5.91 Å². The van der Waals surface area contributed by atoms with Crippen molar-refractivity contribution in [3.05, 3.63) is 71.4 Å². The van der Waals surface area contributed by atoms with Gasteiger partial charge in [-0.05, 0) is 23.8 Å². The average Bonchev–Trinajstić information content (AvgIpc) is 3.11. The lowest BCUT2D eigenvalue weighted by Gasteiger charge is -2.18. The van der Waals surface area contributed by atoms with Crippen molar-refractivity contribution in [2.75, 3.05) is 21.3 Å². The molecule has 0 aliphatic rings. The van der Waals surface area contributed by atoms with Crippen molar-refractivity contribution in [1.29, 1.82) is 0 Å². The number of amides is 1. The molecule has 2 aromatic carbocycles. The molecule has 0 N–H and O–H groups in total. The van der Waals surface area contributed by atoms with Crippen LogP contribution in [0.25, 0.3) is 10.9 Å². The number of hydrogen-bond donors (Lipinski definition) is 0. The molecule has 0 bridgehead atoms. The van der Waals surface area contributed by atoms with Gasteiger partial charge in [-0.25, -0.2) is 9.59 Å². The molecule has 150 valence electrons. The van der Waals surface area contributed by atoms with Crippen LogP contribution in [0.2, 0.25) is 0 Å². The van der Waals surface area contributed by atoms with Crippen molar-refractivity contribution in [2.45, 2.75) is 13.1 Å². The summed E-state index contributed by atoms with van der Waals surface area (Å²) in [6, 6.07) is 14.3. The quantitative estimate of drug-likeness (QED) is 0.601. The summed E-state index contributed by atoms with van der Waals surface area (Å²) in [5, 5.41) is 0.744. The predicted molar refractivity (Wildman–Crippen MR) is 108 cm³/mol. The van der Waals surface area contributed by atoms with Crippen molar-refractivity contribution >= 4 is 28.7 Å². The number of para-hydroxylation sites is 1. The monoisotopic (exact) mass is 394 g/mol. The van der Waals surface area contributed by atoms with Crippen LogP contribution < -0.4 is 0 Å². The normalized spacial score (nSPS) is 10.6. The molecular formula is C22H22N2O5. The number of nitrogens with zero attached hydrogens (tertiary/aromatic N) is 2. The largest absolute Gasteiger partial charge is 0.465 e. The number of carbonyl (C=O) groups excluding carboxylic acids is 3. The number of methoxy groups -OCH3 is 2. The summed E-state index contributed by atoms with van der Waals surface area (Å²) >= 11 is 0. The smallest absolute Gasteiger partial charge is 0.340 e. The first kappa shape index (κ1) is 20.1. The van der Waals surface area contributed by atoms with Crippen LogP contribution in [0.1, 0.15) is 26.3 Å². The van der Waals surface area contributed by atoms with E-state index in [1.165, 1.54) is 14.2 Å². The molecule has 0 fully saturated rings. The second-order valence-corrected chi connectivity index (χ2v) is 6.62. The van der Waals surface area contributed by atoms with Gasteiger partial charge in [0, 0.05) is 30.7 Å². The fraction of sp³-hybridized carbons (Fsp3) is 0.227. The Morgan fingerprint density at radius 2 is 1.59 bits per heavy atom. The van der Waals surface area contributed by atoms with Crippen molar-refractivity contribution in [3.63, 3.8) is 0 Å². The van der Waals surface area contributed by atoms with Gasteiger partial charge in [0.15, 0.2) is 0 Å². The molecule has 29 heavy (non-hydrogen) atoms. The molecule has 0 aliphatic carbocycles. The number of esters is 2. The fourth-order valence-corrected chi connectivity index (χ4v) is 3.14. The number of hydrogen-bond acceptors (Lipinski definition) is 5. The van der Waals surface area contributed by atoms with Crippen LogP contribution in [0.4, 0.5) is 0 Å². The third-order valence-corrected chi connectivity index (χ3v) is 4.72. The topological polar surface area (TPSA) is 77.8 Å². The van der Waals surface area contributed by atoms with E-state index in [0.717, 1.165) is 16.5 Å². The number of fused-ring (bicyclic) bond motifs is 1. The summed E-state index contributed by atoms with van der Waals surface area (Å²) in [4.78, 5) is 37.9. The highest BCUT2D eigenvalue weighted by Crippen LogP contribution is 2.22. The van der Waals surface area contributed by atoms with Gasteiger partial charge in [-0.2, -0.15) is 0 Å². The third-order valence-electron chi connectivity index (χ3n) is 4.72. The van der Waals surface area contributed by atoms with Gasteiger partial charge in [-0.15, -0.1) is 0 Å². The molecule has 0 unspecified atom stereocenters. The van der Waals surface area contributed by atoms with Crippen LogP contribution in [0.3, 0.4) is 0 Å². The number of rotatable bonds is 6. The molecule has 0 spiro atoms. The first-order chi connectivity index (χ1) is 13.9. The minimum atomic E-state index is -0.438. The Morgan fingerprint density at radius 3 is 2.24 bits per heavy atom. The summed E-state index contributed by atoms with van der Waals surface area (Å²) in [6.45, 7) is 0.484. The van der Waals surface area contributed by atoms with E-state index in [9.17, 15) is 14.4 Å². The van der Waals surface area contributed by atoms with E-state index in [-0.39, 0.29) is 12.5 Å². The number of aromatic nitrogens is 1. The second kappa shape index (κ2) is 8.60. The summed E-state index contributed by atoms with van der Waals surface area (Å²) < 4.78 is 11.3. The molecule has 7 nitrogen and oxygen atoms in total. The van der Waals surface area contributed by atoms with Crippen LogP contribution in [-0.2, 0) is 27.4 Å². The molecule has 1 amide bonds. The van der Waals surface area contributed by atoms with Gasteiger partial charge >= 0.3 is 11.9 Å². The Morgan fingerprint density at radius 1 is 0.931 bits per heavy atom. The summed E-state index contributed by atoms with van der Waals surface area (Å²) in [5.74, 6) is -0.951. The van der Waals surface area contributed by atoms with Gasteiger partial charge < -0.3 is 18.9 Å². The zero-order valence-corrected chi connectivity index (χ0v) is 16.5. The molecule has 3 aromatic rings. The highest BCUT2D eigenvalue weighted by molar-refractivity contribution is 6.04. The standard InChI is InChI=1S/C22H22N2O5/c1-23(12-15-8-10-16(11-9-15)21(26)28-2)20(25)14-24-13-18(22(27)29-3)17-6-4-5-7-19(17)24/h4-11,13H,12,14H2,1-3H3. The van der Waals surface area contributed by atoms with Gasteiger partial charge in [0.05, 0.1) is 25.3 Å². The molecule has 1 aromatic heterocycles. The first-order valence-corrected chi connectivity index (χ1v) is 9.02. The Bertz CT molecular complexity index is 1050. The molecule has 1 heterocycles. The van der Waals surface area contributed by atoms with E-state index in [0.29, 0.717) is 17.7 Å². The molecule has 3 rings (SSSR count). The maximum absolute atomic E-state index is 12.7. The van der Waals surface area contributed by atoms with Crippen LogP contribution >= 0.6 is 0 Å². The van der Waals surface area contributed by atoms with E-state index in [1.807, 2.05) is 24.3 Å². The lowest BCUT2D eigenvalue weighted by molar-refractivity contribution is -0.131. The predicted octanol–water partition coefficient (Wildman–Crippen LogP) is 2.87. The van der Waals surface area contributed by atoms with Gasteiger partial charge in [0.25, 0.3) is 0 Å². The fourth-order valence-electron chi connectivity index (χ4n) is 3.14. The lowest BCUT2D eigenvalue weighted by atomic mass is 10.1. The Kier molecular flexibility index (Phi) is 5.97. The zero-order valence-electron chi connectivity index (χ0n) is 16.5. The zero-order chi connectivity index (χ0) is 21.0. The van der Waals surface area contributed by atoms with Gasteiger partial charge in [-0.3, -0.25) is 4.79 Å². The highest BCUT2D eigenvalue weighted by atomic mass is 16.5. The van der Waals surface area contributed by atoms with Crippen molar-refractivity contribution < 1.29 is 23.9 Å². The van der Waals surface area contributed by atoms with Crippen LogP contribution in [0.15, 0.2) is 54.7 Å². The summed E-state index contributed by atoms with van der Waals surface area (Å²) in [5.41, 5.74) is 2.56. The maximum atomic E-state index is 12.7. The number of likely N-dealkylation sites (N-methyl/N-ethyl adjacent to an activating group) is 1. The minimum Gasteiger partial charge on any atom is -0.465 e. The number of benzene rings is 2. The maximum Gasteiger partial charge on any atom is 0.340 e. The third kappa shape index (κ3) is 4.29.